The lowest BCUT2D eigenvalue weighted by molar-refractivity contribution is 0.321. The van der Waals surface area contributed by atoms with Gasteiger partial charge in [-0.15, -0.1) is 0 Å². The van der Waals surface area contributed by atoms with E-state index >= 15 is 0 Å². The maximum absolute atomic E-state index is 8.67. The maximum Gasteiger partial charge on any atom is 0.191 e. The molecule has 0 saturated carbocycles. The van der Waals surface area contributed by atoms with E-state index in [1.54, 1.807) is 24.3 Å². The molecule has 2 N–H and O–H groups in total. The molecule has 1 aromatic carbocycles. The third kappa shape index (κ3) is 3.67. The van der Waals surface area contributed by atoms with Crippen LogP contribution in [0.2, 0.25) is 0 Å². The topological polar surface area (TPSA) is 69.4 Å². The van der Waals surface area contributed by atoms with Gasteiger partial charge in [0, 0.05) is 13.1 Å². The van der Waals surface area contributed by atoms with Crippen molar-refractivity contribution in [2.45, 2.75) is 6.42 Å². The Morgan fingerprint density at radius 2 is 2.22 bits per heavy atom. The van der Waals surface area contributed by atoms with E-state index in [4.69, 9.17) is 10.00 Å². The van der Waals surface area contributed by atoms with Gasteiger partial charge >= 0.3 is 0 Å². The van der Waals surface area contributed by atoms with Gasteiger partial charge in [0.25, 0.3) is 0 Å². The average Bonchev–Trinajstić information content (AvgIpc) is 2.45. The van der Waals surface area contributed by atoms with Gasteiger partial charge in [-0.25, -0.2) is 0 Å². The van der Waals surface area contributed by atoms with Crippen LogP contribution < -0.4 is 15.4 Å². The summed E-state index contributed by atoms with van der Waals surface area (Å²) >= 11 is 0. The molecule has 0 fully saturated rings. The molecule has 1 aliphatic heterocycles. The van der Waals surface area contributed by atoms with Crippen molar-refractivity contribution in [3.05, 3.63) is 29.8 Å². The highest BCUT2D eigenvalue weighted by Crippen LogP contribution is 2.10. The number of rotatable bonds is 4. The quantitative estimate of drug-likeness (QED) is 0.771. The number of benzene rings is 1. The standard InChI is InChI=1S/C13H16N4O/c14-10-11-2-4-12(5-3-11)18-9-8-17-13-15-6-1-7-16-13/h2-5H,1,6-9H2,(H2,15,16,17). The van der Waals surface area contributed by atoms with E-state index in [1.165, 1.54) is 0 Å². The predicted octanol–water partition coefficient (Wildman–Crippen LogP) is 0.876. The summed E-state index contributed by atoms with van der Waals surface area (Å²) in [5, 5.41) is 15.0. The average molecular weight is 244 g/mol. The number of aliphatic imine (C=N–C) groups is 1. The summed E-state index contributed by atoms with van der Waals surface area (Å²) in [5.41, 5.74) is 0.640. The van der Waals surface area contributed by atoms with Crippen LogP contribution in [0.1, 0.15) is 12.0 Å². The highest BCUT2D eigenvalue weighted by atomic mass is 16.5. The number of nitrogens with zero attached hydrogens (tertiary/aromatic N) is 2. The van der Waals surface area contributed by atoms with Crippen LogP contribution in [0.5, 0.6) is 5.75 Å². The minimum atomic E-state index is 0.562. The van der Waals surface area contributed by atoms with Gasteiger partial charge in [0.15, 0.2) is 5.96 Å². The highest BCUT2D eigenvalue weighted by Gasteiger charge is 2.02. The van der Waals surface area contributed by atoms with Crippen molar-refractivity contribution in [3.63, 3.8) is 0 Å². The van der Waals surface area contributed by atoms with Crippen molar-refractivity contribution in [2.24, 2.45) is 4.99 Å². The minimum Gasteiger partial charge on any atom is -0.492 e. The Morgan fingerprint density at radius 3 is 2.89 bits per heavy atom. The number of ether oxygens (including phenoxy) is 1. The Hall–Kier alpha value is -2.22. The van der Waals surface area contributed by atoms with E-state index in [1.807, 2.05) is 0 Å². The molecule has 1 heterocycles. The lowest BCUT2D eigenvalue weighted by Crippen LogP contribution is -2.42. The molecule has 0 spiro atoms. The Balaban J connectivity index is 1.68. The lowest BCUT2D eigenvalue weighted by atomic mass is 10.2. The van der Waals surface area contributed by atoms with Crippen LogP contribution in [0, 0.1) is 11.3 Å². The number of guanidine groups is 1. The van der Waals surface area contributed by atoms with Crippen molar-refractivity contribution < 1.29 is 4.74 Å². The van der Waals surface area contributed by atoms with Crippen LogP contribution in [0.25, 0.3) is 0 Å². The Morgan fingerprint density at radius 1 is 1.39 bits per heavy atom. The van der Waals surface area contributed by atoms with Crippen molar-refractivity contribution in [3.8, 4) is 11.8 Å². The molecule has 94 valence electrons. The third-order valence-corrected chi connectivity index (χ3v) is 2.54. The largest absolute Gasteiger partial charge is 0.492 e. The molecular formula is C13H16N4O. The molecule has 0 bridgehead atoms. The van der Waals surface area contributed by atoms with Gasteiger partial charge in [-0.2, -0.15) is 5.26 Å². The fourth-order valence-electron chi connectivity index (χ4n) is 1.62. The van der Waals surface area contributed by atoms with Crippen LogP contribution in [0.3, 0.4) is 0 Å². The van der Waals surface area contributed by atoms with Crippen LogP contribution in [-0.2, 0) is 0 Å². The molecule has 2 rings (SSSR count). The Kier molecular flexibility index (Phi) is 4.42. The molecule has 5 heteroatoms. The molecule has 0 aromatic heterocycles. The molecule has 0 amide bonds. The smallest absolute Gasteiger partial charge is 0.191 e. The first-order valence-corrected chi connectivity index (χ1v) is 6.03. The van der Waals surface area contributed by atoms with E-state index in [-0.39, 0.29) is 0 Å². The molecular weight excluding hydrogens is 228 g/mol. The highest BCUT2D eigenvalue weighted by molar-refractivity contribution is 5.80. The van der Waals surface area contributed by atoms with Gasteiger partial charge in [-0.3, -0.25) is 4.99 Å². The van der Waals surface area contributed by atoms with E-state index in [9.17, 15) is 0 Å². The molecule has 0 unspecified atom stereocenters. The van der Waals surface area contributed by atoms with Gasteiger partial charge < -0.3 is 15.4 Å². The predicted molar refractivity (Wildman–Crippen MR) is 69.6 cm³/mol. The van der Waals surface area contributed by atoms with Crippen molar-refractivity contribution in [2.75, 3.05) is 26.2 Å². The van der Waals surface area contributed by atoms with Gasteiger partial charge in [-0.05, 0) is 30.7 Å². The number of hydrogen-bond acceptors (Lipinski definition) is 5. The number of nitrogens with one attached hydrogen (secondary N) is 2. The zero-order valence-corrected chi connectivity index (χ0v) is 10.1. The number of hydrogen-bond donors (Lipinski definition) is 2. The second kappa shape index (κ2) is 6.50. The Bertz CT molecular complexity index is 447. The van der Waals surface area contributed by atoms with Crippen molar-refractivity contribution >= 4 is 5.96 Å². The summed E-state index contributed by atoms with van der Waals surface area (Å²) in [6.07, 6.45) is 1.09. The summed E-state index contributed by atoms with van der Waals surface area (Å²) in [6, 6.07) is 9.16. The molecule has 1 aromatic rings. The maximum atomic E-state index is 8.67. The van der Waals surface area contributed by atoms with Gasteiger partial charge in [-0.1, -0.05) is 0 Å². The monoisotopic (exact) mass is 244 g/mol. The summed E-state index contributed by atoms with van der Waals surface area (Å²) < 4.78 is 5.54. The van der Waals surface area contributed by atoms with Crippen molar-refractivity contribution in [1.82, 2.24) is 10.6 Å². The minimum absolute atomic E-state index is 0.562. The fourth-order valence-corrected chi connectivity index (χ4v) is 1.62. The molecule has 5 nitrogen and oxygen atoms in total. The first kappa shape index (κ1) is 12.2. The van der Waals surface area contributed by atoms with Crippen LogP contribution in [-0.4, -0.2) is 32.2 Å². The Labute approximate surface area is 106 Å². The fraction of sp³-hybridized carbons (Fsp3) is 0.385. The second-order valence-electron chi connectivity index (χ2n) is 3.92. The van der Waals surface area contributed by atoms with Gasteiger partial charge in [0.2, 0.25) is 0 Å². The van der Waals surface area contributed by atoms with Crippen LogP contribution in [0.15, 0.2) is 29.3 Å². The molecule has 0 aliphatic carbocycles. The summed E-state index contributed by atoms with van der Waals surface area (Å²) in [4.78, 5) is 4.30. The molecule has 0 atom stereocenters. The van der Waals surface area contributed by atoms with Crippen LogP contribution in [0.4, 0.5) is 0 Å². The van der Waals surface area contributed by atoms with Gasteiger partial charge in [0.1, 0.15) is 12.4 Å². The zero-order valence-electron chi connectivity index (χ0n) is 10.1. The second-order valence-corrected chi connectivity index (χ2v) is 3.92. The van der Waals surface area contributed by atoms with E-state index < -0.39 is 0 Å². The first-order chi connectivity index (χ1) is 8.88. The summed E-state index contributed by atoms with van der Waals surface area (Å²) in [5.74, 6) is 1.62. The van der Waals surface area contributed by atoms with Gasteiger partial charge in [0.05, 0.1) is 18.2 Å². The molecule has 0 saturated heterocycles. The SMILES string of the molecule is N#Cc1ccc(OCCNC2=NCCCN2)cc1. The number of nitriles is 1. The summed E-state index contributed by atoms with van der Waals surface area (Å²) in [7, 11) is 0. The molecule has 0 radical (unpaired) electrons. The van der Waals surface area contributed by atoms with E-state index in [0.29, 0.717) is 18.7 Å². The molecule has 1 aliphatic rings. The normalized spacial score (nSPS) is 14.1. The van der Waals surface area contributed by atoms with E-state index in [0.717, 1.165) is 31.2 Å². The van der Waals surface area contributed by atoms with Crippen LogP contribution >= 0.6 is 0 Å². The lowest BCUT2D eigenvalue weighted by Gasteiger charge is -2.16. The third-order valence-electron chi connectivity index (χ3n) is 2.54. The first-order valence-electron chi connectivity index (χ1n) is 6.03. The molecule has 18 heavy (non-hydrogen) atoms. The summed E-state index contributed by atoms with van der Waals surface area (Å²) in [6.45, 7) is 3.12. The van der Waals surface area contributed by atoms with Crippen molar-refractivity contribution in [1.29, 1.82) is 5.26 Å². The zero-order chi connectivity index (χ0) is 12.6. The van der Waals surface area contributed by atoms with E-state index in [2.05, 4.69) is 21.7 Å².